The van der Waals surface area contributed by atoms with Crippen LogP contribution in [0.3, 0.4) is 0 Å². The molecule has 1 aromatic rings. The van der Waals surface area contributed by atoms with Crippen LogP contribution >= 0.6 is 0 Å². The number of nitrogens with zero attached hydrogens (tertiary/aromatic N) is 2. The monoisotopic (exact) mass is 116 g/mol. The fourth-order valence-corrected chi connectivity index (χ4v) is 0.786. The Labute approximate surface area is 52.6 Å². The summed E-state index contributed by atoms with van der Waals surface area (Å²) < 4.78 is 0. The first kappa shape index (κ1) is 4.68. The van der Waals surface area contributed by atoms with Crippen molar-refractivity contribution in [2.45, 2.75) is 0 Å². The first-order valence-corrected chi connectivity index (χ1v) is 2.72. The molecule has 0 bridgehead atoms. The summed E-state index contributed by atoms with van der Waals surface area (Å²) >= 11 is 0. The zero-order valence-electron chi connectivity index (χ0n) is 4.70. The molecule has 0 unspecified atom stereocenters. The molecule has 1 aliphatic heterocycles. The Morgan fingerprint density at radius 2 is 1.56 bits per heavy atom. The second-order valence-corrected chi connectivity index (χ2v) is 1.81. The molecular formula is C7H4N2. The van der Waals surface area contributed by atoms with Gasteiger partial charge in [-0.3, -0.25) is 0 Å². The van der Waals surface area contributed by atoms with Crippen molar-refractivity contribution in [3.63, 3.8) is 0 Å². The fourth-order valence-electron chi connectivity index (χ4n) is 0.786. The van der Waals surface area contributed by atoms with Crippen LogP contribution in [0.5, 0.6) is 0 Å². The van der Waals surface area contributed by atoms with Crippen molar-refractivity contribution in [3.05, 3.63) is 41.6 Å². The van der Waals surface area contributed by atoms with E-state index in [1.807, 2.05) is 24.3 Å². The summed E-state index contributed by atoms with van der Waals surface area (Å²) in [5, 5.41) is 1.83. The van der Waals surface area contributed by atoms with E-state index in [1.54, 1.807) is 0 Å². The van der Waals surface area contributed by atoms with Crippen LogP contribution < -0.4 is 10.7 Å². The van der Waals surface area contributed by atoms with E-state index >= 15 is 0 Å². The molecule has 2 rings (SSSR count). The van der Waals surface area contributed by atoms with Crippen molar-refractivity contribution >= 4 is 0 Å². The number of rotatable bonds is 0. The zero-order chi connectivity index (χ0) is 6.10. The molecule has 0 amide bonds. The lowest BCUT2D eigenvalue weighted by molar-refractivity contribution is 1.23. The highest BCUT2D eigenvalue weighted by Gasteiger charge is 1.92. The highest BCUT2D eigenvalue weighted by Crippen LogP contribution is 1.82. The van der Waals surface area contributed by atoms with Crippen LogP contribution in [0, 0.1) is 6.67 Å². The van der Waals surface area contributed by atoms with E-state index in [4.69, 9.17) is 0 Å². The smallest absolute Gasteiger partial charge is 0.244 e. The van der Waals surface area contributed by atoms with Crippen LogP contribution in [-0.2, 0) is 0 Å². The summed E-state index contributed by atoms with van der Waals surface area (Å²) in [5.41, 5.74) is 0. The molecule has 2 heteroatoms. The summed E-state index contributed by atoms with van der Waals surface area (Å²) in [6.07, 6.45) is 0. The molecule has 2 radical (unpaired) electrons. The minimum absolute atomic E-state index is 0.914. The third kappa shape index (κ3) is 0.633. The van der Waals surface area contributed by atoms with Gasteiger partial charge in [-0.25, -0.2) is 9.98 Å². The highest BCUT2D eigenvalue weighted by molar-refractivity contribution is 5.03. The first-order valence-electron chi connectivity index (χ1n) is 2.72. The Balaban J connectivity index is 2.97. The van der Waals surface area contributed by atoms with E-state index in [0.29, 0.717) is 0 Å². The Morgan fingerprint density at radius 3 is 2.11 bits per heavy atom. The lowest BCUT2D eigenvalue weighted by Crippen LogP contribution is -2.19. The molecule has 0 saturated heterocycles. The van der Waals surface area contributed by atoms with Gasteiger partial charge in [0, 0.05) is 0 Å². The number of benzene rings is 1. The van der Waals surface area contributed by atoms with Crippen molar-refractivity contribution in [1.29, 1.82) is 0 Å². The van der Waals surface area contributed by atoms with Gasteiger partial charge in [-0.1, -0.05) is 12.1 Å². The Morgan fingerprint density at radius 1 is 1.00 bits per heavy atom. The van der Waals surface area contributed by atoms with Gasteiger partial charge in [0.2, 0.25) is 0 Å². The van der Waals surface area contributed by atoms with Crippen molar-refractivity contribution in [3.8, 4) is 0 Å². The highest BCUT2D eigenvalue weighted by atomic mass is 15.0. The molecule has 0 spiro atoms. The molecule has 0 aromatic heterocycles. The van der Waals surface area contributed by atoms with Crippen LogP contribution in [0.1, 0.15) is 0 Å². The maximum absolute atomic E-state index is 3.88. The second-order valence-electron chi connectivity index (χ2n) is 1.81. The van der Waals surface area contributed by atoms with Gasteiger partial charge in [0.1, 0.15) is 0 Å². The average Bonchev–Trinajstić information content (AvgIpc) is 2.33. The van der Waals surface area contributed by atoms with E-state index in [2.05, 4.69) is 16.7 Å². The summed E-state index contributed by atoms with van der Waals surface area (Å²) in [4.78, 5) is 7.77. The lowest BCUT2D eigenvalue weighted by Gasteiger charge is -1.75. The van der Waals surface area contributed by atoms with Gasteiger partial charge in [0.15, 0.2) is 0 Å². The maximum atomic E-state index is 3.88. The SMILES string of the molecule is [C]1N=c2ccccc2=N1. The Bertz CT molecular complexity index is 294. The van der Waals surface area contributed by atoms with Crippen molar-refractivity contribution in [2.75, 3.05) is 0 Å². The molecule has 0 atom stereocenters. The van der Waals surface area contributed by atoms with Crippen LogP contribution in [0.25, 0.3) is 0 Å². The van der Waals surface area contributed by atoms with Gasteiger partial charge in [-0.05, 0) is 12.1 Å². The van der Waals surface area contributed by atoms with Gasteiger partial charge in [-0.2, -0.15) is 0 Å². The van der Waals surface area contributed by atoms with E-state index < -0.39 is 0 Å². The molecule has 0 fully saturated rings. The van der Waals surface area contributed by atoms with Crippen molar-refractivity contribution in [2.24, 2.45) is 9.98 Å². The third-order valence-corrected chi connectivity index (χ3v) is 1.22. The molecule has 9 heavy (non-hydrogen) atoms. The average molecular weight is 116 g/mol. The van der Waals surface area contributed by atoms with Gasteiger partial charge in [0.25, 0.3) is 6.67 Å². The molecule has 1 heterocycles. The van der Waals surface area contributed by atoms with Crippen LogP contribution in [0.4, 0.5) is 0 Å². The van der Waals surface area contributed by atoms with E-state index in [0.717, 1.165) is 10.7 Å². The topological polar surface area (TPSA) is 24.7 Å². The van der Waals surface area contributed by atoms with Gasteiger partial charge in [-0.15, -0.1) is 0 Å². The van der Waals surface area contributed by atoms with Crippen LogP contribution in [0.15, 0.2) is 34.3 Å². The van der Waals surface area contributed by atoms with Crippen molar-refractivity contribution < 1.29 is 0 Å². The standard InChI is InChI=1S/C7H4N2/c1-2-4-7-6(3-1)8-5-9-7/h1-4H. The lowest BCUT2D eigenvalue weighted by atomic mass is 10.3. The second kappa shape index (κ2) is 1.65. The van der Waals surface area contributed by atoms with Crippen LogP contribution in [-0.4, -0.2) is 0 Å². The van der Waals surface area contributed by atoms with E-state index in [-0.39, 0.29) is 0 Å². The number of fused-ring (bicyclic) bond motifs is 1. The van der Waals surface area contributed by atoms with Gasteiger partial charge in [0.05, 0.1) is 10.7 Å². The summed E-state index contributed by atoms with van der Waals surface area (Å²) in [5.74, 6) is 0. The van der Waals surface area contributed by atoms with Crippen LogP contribution in [0.2, 0.25) is 0 Å². The Hall–Kier alpha value is -1.18. The molecule has 2 nitrogen and oxygen atoms in total. The zero-order valence-corrected chi connectivity index (χ0v) is 4.70. The van der Waals surface area contributed by atoms with Crippen molar-refractivity contribution in [1.82, 2.24) is 0 Å². The normalized spacial score (nSPS) is 13.8. The summed E-state index contributed by atoms with van der Waals surface area (Å²) in [6.45, 7) is 2.54. The minimum Gasteiger partial charge on any atom is -0.244 e. The van der Waals surface area contributed by atoms with E-state index in [9.17, 15) is 0 Å². The first-order chi connectivity index (χ1) is 4.47. The molecule has 42 valence electrons. The predicted molar refractivity (Wildman–Crippen MR) is 32.0 cm³/mol. The van der Waals surface area contributed by atoms with Gasteiger partial charge >= 0.3 is 0 Å². The number of hydrogen-bond donors (Lipinski definition) is 0. The van der Waals surface area contributed by atoms with E-state index in [1.165, 1.54) is 0 Å². The maximum Gasteiger partial charge on any atom is 0.250 e. The third-order valence-electron chi connectivity index (χ3n) is 1.22. The predicted octanol–water partition coefficient (Wildman–Crippen LogP) is -0.0643. The molecular weight excluding hydrogens is 112 g/mol. The fraction of sp³-hybridized carbons (Fsp3) is 0. The minimum atomic E-state index is 0.914. The summed E-state index contributed by atoms with van der Waals surface area (Å²) in [7, 11) is 0. The largest absolute Gasteiger partial charge is 0.250 e. The molecule has 1 aromatic carbocycles. The number of hydrogen-bond acceptors (Lipinski definition) is 2. The Kier molecular flexibility index (Phi) is 0.859. The summed E-state index contributed by atoms with van der Waals surface area (Å²) in [6, 6.07) is 7.70. The molecule has 0 saturated carbocycles. The molecule has 0 N–H and O–H groups in total. The van der Waals surface area contributed by atoms with Gasteiger partial charge < -0.3 is 0 Å². The molecule has 1 aliphatic rings. The quantitative estimate of drug-likeness (QED) is 0.453. The number of para-hydroxylation sites is 2. The molecule has 0 aliphatic carbocycles.